The molecule has 6 heteroatoms. The van der Waals surface area contributed by atoms with E-state index in [0.717, 1.165) is 5.69 Å². The fraction of sp³-hybridized carbons (Fsp3) is 0.273. The SMILES string of the molecule is COC1(Cl)N=C(C)N(c2ccccc2)C(Cl)=N1. The number of nitrogens with zero attached hydrogens (tertiary/aromatic N) is 3. The third-order valence-electron chi connectivity index (χ3n) is 2.31. The molecular weight excluding hydrogens is 261 g/mol. The van der Waals surface area contributed by atoms with Crippen LogP contribution in [0.2, 0.25) is 0 Å². The number of amidine groups is 2. The first-order valence-electron chi connectivity index (χ1n) is 4.97. The van der Waals surface area contributed by atoms with Gasteiger partial charge in [-0.05, 0) is 42.3 Å². The van der Waals surface area contributed by atoms with Crippen LogP contribution in [0, 0.1) is 0 Å². The summed E-state index contributed by atoms with van der Waals surface area (Å²) in [6, 6.07) is 9.55. The molecule has 1 aromatic rings. The van der Waals surface area contributed by atoms with Gasteiger partial charge in [-0.15, -0.1) is 0 Å². The minimum absolute atomic E-state index is 0.223. The molecule has 1 heterocycles. The average molecular weight is 272 g/mol. The number of benzene rings is 1. The molecule has 4 nitrogen and oxygen atoms in total. The summed E-state index contributed by atoms with van der Waals surface area (Å²) in [5.74, 6) is 0.619. The Morgan fingerprint density at radius 1 is 1.24 bits per heavy atom. The Labute approximate surface area is 110 Å². The van der Waals surface area contributed by atoms with Crippen LogP contribution in [0.25, 0.3) is 0 Å². The van der Waals surface area contributed by atoms with Crippen molar-refractivity contribution >= 4 is 40.0 Å². The van der Waals surface area contributed by atoms with E-state index in [1.807, 2.05) is 30.3 Å². The number of halogens is 2. The molecule has 0 saturated carbocycles. The summed E-state index contributed by atoms with van der Waals surface area (Å²) in [6.07, 6.45) is 0. The maximum atomic E-state index is 6.11. The summed E-state index contributed by atoms with van der Waals surface area (Å²) >= 11 is 12.1. The Morgan fingerprint density at radius 3 is 2.41 bits per heavy atom. The molecule has 0 fully saturated rings. The Balaban J connectivity index is 2.40. The van der Waals surface area contributed by atoms with Crippen LogP contribution >= 0.6 is 23.2 Å². The second kappa shape index (κ2) is 4.64. The zero-order chi connectivity index (χ0) is 12.5. The van der Waals surface area contributed by atoms with Gasteiger partial charge in [0, 0.05) is 12.8 Å². The molecule has 2 rings (SSSR count). The van der Waals surface area contributed by atoms with Gasteiger partial charge in [-0.25, -0.2) is 4.99 Å². The predicted octanol–water partition coefficient (Wildman–Crippen LogP) is 3.02. The van der Waals surface area contributed by atoms with Gasteiger partial charge in [0.25, 0.3) is 0 Å². The monoisotopic (exact) mass is 271 g/mol. The highest BCUT2D eigenvalue weighted by atomic mass is 35.5. The summed E-state index contributed by atoms with van der Waals surface area (Å²) < 4.78 is 4.98. The van der Waals surface area contributed by atoms with Crippen molar-refractivity contribution in [2.24, 2.45) is 9.98 Å². The van der Waals surface area contributed by atoms with Gasteiger partial charge in [-0.1, -0.05) is 18.2 Å². The van der Waals surface area contributed by atoms with Gasteiger partial charge >= 0.3 is 5.31 Å². The number of hydrogen-bond donors (Lipinski definition) is 0. The van der Waals surface area contributed by atoms with Crippen LogP contribution in [0.3, 0.4) is 0 Å². The van der Waals surface area contributed by atoms with Gasteiger partial charge < -0.3 is 4.74 Å². The zero-order valence-electron chi connectivity index (χ0n) is 9.39. The van der Waals surface area contributed by atoms with Crippen LogP contribution in [-0.2, 0) is 4.74 Å². The van der Waals surface area contributed by atoms with Crippen molar-refractivity contribution < 1.29 is 4.74 Å². The Hall–Kier alpha value is -1.10. The van der Waals surface area contributed by atoms with E-state index in [0.29, 0.717) is 5.84 Å². The first-order valence-corrected chi connectivity index (χ1v) is 5.72. The standard InChI is InChI=1S/C11H11Cl2N3O/c1-8-14-11(13,17-2)15-10(12)16(8)9-6-4-3-5-7-9/h3-7H,1-2H3. The molecule has 0 saturated heterocycles. The highest BCUT2D eigenvalue weighted by Crippen LogP contribution is 2.28. The molecule has 1 unspecified atom stereocenters. The highest BCUT2D eigenvalue weighted by Gasteiger charge is 2.33. The third kappa shape index (κ3) is 2.44. The molecule has 0 N–H and O–H groups in total. The predicted molar refractivity (Wildman–Crippen MR) is 70.9 cm³/mol. The number of para-hydroxylation sites is 1. The van der Waals surface area contributed by atoms with Gasteiger partial charge in [0.15, 0.2) is 0 Å². The van der Waals surface area contributed by atoms with E-state index in [1.165, 1.54) is 7.11 Å². The minimum Gasteiger partial charge on any atom is -0.326 e. The van der Waals surface area contributed by atoms with E-state index in [2.05, 4.69) is 9.98 Å². The largest absolute Gasteiger partial charge is 0.344 e. The van der Waals surface area contributed by atoms with Gasteiger partial charge in [0.05, 0.1) is 0 Å². The van der Waals surface area contributed by atoms with Gasteiger partial charge in [-0.3, -0.25) is 4.90 Å². The van der Waals surface area contributed by atoms with E-state index in [4.69, 9.17) is 27.9 Å². The summed E-state index contributed by atoms with van der Waals surface area (Å²) in [7, 11) is 1.43. The Kier molecular flexibility index (Phi) is 3.38. The molecule has 1 aromatic carbocycles. The average Bonchev–Trinajstić information content (AvgIpc) is 2.29. The molecule has 1 atom stereocenters. The lowest BCUT2D eigenvalue weighted by Crippen LogP contribution is -2.40. The first-order chi connectivity index (χ1) is 8.06. The molecule has 1 aliphatic heterocycles. The second-order valence-corrected chi connectivity index (χ2v) is 4.27. The number of methoxy groups -OCH3 is 1. The summed E-state index contributed by atoms with van der Waals surface area (Å²) in [5, 5.41) is -1.23. The minimum atomic E-state index is -1.45. The fourth-order valence-corrected chi connectivity index (χ4v) is 2.11. The second-order valence-electron chi connectivity index (χ2n) is 3.44. The molecule has 17 heavy (non-hydrogen) atoms. The quantitative estimate of drug-likeness (QED) is 0.613. The number of aliphatic imine (C=N–C) groups is 2. The van der Waals surface area contributed by atoms with Gasteiger partial charge in [-0.2, -0.15) is 4.99 Å². The number of alkyl halides is 1. The van der Waals surface area contributed by atoms with Crippen molar-refractivity contribution in [1.82, 2.24) is 0 Å². The van der Waals surface area contributed by atoms with Crippen molar-refractivity contribution in [2.45, 2.75) is 12.2 Å². The molecule has 0 bridgehead atoms. The normalized spacial score (nSPS) is 24.4. The first kappa shape index (κ1) is 12.4. The van der Waals surface area contributed by atoms with Gasteiger partial charge in [0.1, 0.15) is 5.84 Å². The van der Waals surface area contributed by atoms with E-state index >= 15 is 0 Å². The van der Waals surface area contributed by atoms with Crippen molar-refractivity contribution in [3.8, 4) is 0 Å². The molecule has 0 spiro atoms. The summed E-state index contributed by atoms with van der Waals surface area (Å²) in [4.78, 5) is 9.85. The Morgan fingerprint density at radius 2 is 1.88 bits per heavy atom. The Bertz CT molecular complexity index is 453. The lowest BCUT2D eigenvalue weighted by atomic mass is 10.3. The van der Waals surface area contributed by atoms with Gasteiger partial charge in [0.2, 0.25) is 5.29 Å². The van der Waals surface area contributed by atoms with Crippen LogP contribution in [0.5, 0.6) is 0 Å². The van der Waals surface area contributed by atoms with Crippen LogP contribution in [-0.4, -0.2) is 23.5 Å². The lowest BCUT2D eigenvalue weighted by molar-refractivity contribution is 0.0788. The van der Waals surface area contributed by atoms with E-state index in [9.17, 15) is 0 Å². The number of hydrogen-bond acceptors (Lipinski definition) is 4. The lowest BCUT2D eigenvalue weighted by Gasteiger charge is -2.30. The molecule has 1 aliphatic rings. The van der Waals surface area contributed by atoms with Crippen molar-refractivity contribution in [1.29, 1.82) is 0 Å². The summed E-state index contributed by atoms with van der Waals surface area (Å²) in [5.41, 5.74) is 0.873. The molecular formula is C11H11Cl2N3O. The third-order valence-corrected chi connectivity index (χ3v) is 2.89. The molecule has 90 valence electrons. The maximum Gasteiger partial charge on any atom is 0.344 e. The van der Waals surface area contributed by atoms with Crippen molar-refractivity contribution in [2.75, 3.05) is 12.0 Å². The number of rotatable bonds is 2. The van der Waals surface area contributed by atoms with Crippen LogP contribution < -0.4 is 4.90 Å². The molecule has 0 amide bonds. The zero-order valence-corrected chi connectivity index (χ0v) is 10.9. The maximum absolute atomic E-state index is 6.11. The van der Waals surface area contributed by atoms with Crippen LogP contribution in [0.15, 0.2) is 40.3 Å². The molecule has 0 radical (unpaired) electrons. The van der Waals surface area contributed by atoms with E-state index in [-0.39, 0.29) is 5.29 Å². The fourth-order valence-electron chi connectivity index (χ4n) is 1.53. The molecule has 0 aliphatic carbocycles. The van der Waals surface area contributed by atoms with E-state index < -0.39 is 5.31 Å². The van der Waals surface area contributed by atoms with E-state index in [1.54, 1.807) is 11.8 Å². The van der Waals surface area contributed by atoms with Crippen molar-refractivity contribution in [3.63, 3.8) is 0 Å². The van der Waals surface area contributed by atoms with Crippen LogP contribution in [0.1, 0.15) is 6.92 Å². The smallest absolute Gasteiger partial charge is 0.326 e. The number of anilines is 1. The highest BCUT2D eigenvalue weighted by molar-refractivity contribution is 6.70. The van der Waals surface area contributed by atoms with Crippen molar-refractivity contribution in [3.05, 3.63) is 30.3 Å². The number of ether oxygens (including phenoxy) is 1. The topological polar surface area (TPSA) is 37.2 Å². The molecule has 0 aromatic heterocycles. The summed E-state index contributed by atoms with van der Waals surface area (Å²) in [6.45, 7) is 1.79. The van der Waals surface area contributed by atoms with Crippen LogP contribution in [0.4, 0.5) is 5.69 Å².